The van der Waals surface area contributed by atoms with Crippen molar-refractivity contribution in [1.29, 1.82) is 0 Å². The topological polar surface area (TPSA) is 187 Å². The van der Waals surface area contributed by atoms with Crippen LogP contribution >= 0.6 is 0 Å². The molecular formula is C14H17N9O3S. The lowest BCUT2D eigenvalue weighted by Gasteiger charge is -2.05. The minimum atomic E-state index is -3.76. The number of aromatic nitrogens is 5. The molecule has 12 nitrogen and oxygen atoms in total. The maximum absolute atomic E-state index is 11.3. The van der Waals surface area contributed by atoms with Gasteiger partial charge in [-0.05, 0) is 24.3 Å². The summed E-state index contributed by atoms with van der Waals surface area (Å²) < 4.78 is 23.9. The monoisotopic (exact) mass is 391 g/mol. The van der Waals surface area contributed by atoms with E-state index in [9.17, 15) is 8.42 Å². The van der Waals surface area contributed by atoms with Gasteiger partial charge in [0.1, 0.15) is 12.1 Å². The van der Waals surface area contributed by atoms with Crippen molar-refractivity contribution >= 4 is 33.4 Å². The molecule has 7 N–H and O–H groups in total. The van der Waals surface area contributed by atoms with Gasteiger partial charge < -0.3 is 21.5 Å². The highest BCUT2D eigenvalue weighted by Crippen LogP contribution is 2.19. The molecule has 3 aromatic rings. The van der Waals surface area contributed by atoms with E-state index in [-0.39, 0.29) is 23.4 Å². The fraction of sp³-hybridized carbons (Fsp3) is 0.143. The van der Waals surface area contributed by atoms with Crippen LogP contribution in [0.15, 0.2) is 41.6 Å². The van der Waals surface area contributed by atoms with Gasteiger partial charge in [0.15, 0.2) is 5.82 Å². The molecule has 0 aliphatic rings. The molecular weight excluding hydrogens is 374 g/mol. The molecule has 0 aliphatic carbocycles. The van der Waals surface area contributed by atoms with E-state index < -0.39 is 10.0 Å². The summed E-state index contributed by atoms with van der Waals surface area (Å²) in [5.41, 5.74) is 6.44. The summed E-state index contributed by atoms with van der Waals surface area (Å²) in [6.45, 7) is 0.299. The second-order valence-electron chi connectivity index (χ2n) is 5.31. The van der Waals surface area contributed by atoms with E-state index in [1.54, 1.807) is 6.07 Å². The van der Waals surface area contributed by atoms with E-state index in [0.717, 1.165) is 0 Å². The summed E-state index contributed by atoms with van der Waals surface area (Å²) in [6.07, 6.45) is 1.33. The van der Waals surface area contributed by atoms with Crippen molar-refractivity contribution in [1.82, 2.24) is 24.7 Å². The van der Waals surface area contributed by atoms with Gasteiger partial charge in [-0.3, -0.25) is 0 Å². The molecule has 0 saturated carbocycles. The molecule has 1 aromatic carbocycles. The zero-order valence-electron chi connectivity index (χ0n) is 13.9. The molecule has 0 radical (unpaired) electrons. The van der Waals surface area contributed by atoms with Crippen LogP contribution in [0, 0.1) is 0 Å². The third kappa shape index (κ3) is 4.46. The van der Waals surface area contributed by atoms with E-state index in [1.165, 1.54) is 35.3 Å². The lowest BCUT2D eigenvalue weighted by Crippen LogP contribution is -2.11. The lowest BCUT2D eigenvalue weighted by atomic mass is 10.3. The van der Waals surface area contributed by atoms with E-state index >= 15 is 0 Å². The van der Waals surface area contributed by atoms with Crippen LogP contribution in [0.5, 0.6) is 0 Å². The van der Waals surface area contributed by atoms with Crippen molar-refractivity contribution in [2.24, 2.45) is 5.14 Å². The number of rotatable bonds is 7. The molecule has 0 unspecified atom stereocenters. The second-order valence-corrected chi connectivity index (χ2v) is 6.87. The van der Waals surface area contributed by atoms with Crippen LogP contribution in [0.25, 0.3) is 5.82 Å². The van der Waals surface area contributed by atoms with Crippen molar-refractivity contribution in [3.8, 4) is 5.82 Å². The Hall–Kier alpha value is -3.29. The molecule has 3 rings (SSSR count). The first-order chi connectivity index (χ1) is 12.9. The van der Waals surface area contributed by atoms with Gasteiger partial charge in [0.25, 0.3) is 0 Å². The Morgan fingerprint density at radius 2 is 1.93 bits per heavy atom. The highest BCUT2D eigenvalue weighted by molar-refractivity contribution is 7.89. The largest absolute Gasteiger partial charge is 0.395 e. The number of nitrogens with one attached hydrogen (secondary N) is 2. The zero-order valence-corrected chi connectivity index (χ0v) is 14.8. The molecule has 13 heteroatoms. The SMILES string of the molecule is Nc1nc(Nc2ccc(S(N)(=O)=O)cc2)nn1-c1cc(NCCO)ncn1. The fourth-order valence-electron chi connectivity index (χ4n) is 2.15. The fourth-order valence-corrected chi connectivity index (χ4v) is 2.66. The summed E-state index contributed by atoms with van der Waals surface area (Å²) in [5.74, 6) is 1.16. The smallest absolute Gasteiger partial charge is 0.248 e. The van der Waals surface area contributed by atoms with Crippen LogP contribution < -0.4 is 21.5 Å². The summed E-state index contributed by atoms with van der Waals surface area (Å²) in [7, 11) is -3.76. The van der Waals surface area contributed by atoms with Gasteiger partial charge >= 0.3 is 0 Å². The van der Waals surface area contributed by atoms with Gasteiger partial charge in [0, 0.05) is 18.3 Å². The van der Waals surface area contributed by atoms with E-state index in [2.05, 4.69) is 30.7 Å². The third-order valence-electron chi connectivity index (χ3n) is 3.36. The molecule has 0 fully saturated rings. The first kappa shape index (κ1) is 18.5. The van der Waals surface area contributed by atoms with Crippen molar-refractivity contribution in [3.05, 3.63) is 36.7 Å². The minimum Gasteiger partial charge on any atom is -0.395 e. The van der Waals surface area contributed by atoms with Gasteiger partial charge in [-0.2, -0.15) is 9.67 Å². The quantitative estimate of drug-likeness (QED) is 0.349. The number of nitrogens with two attached hydrogens (primary N) is 2. The van der Waals surface area contributed by atoms with Gasteiger partial charge in [-0.25, -0.2) is 23.5 Å². The van der Waals surface area contributed by atoms with Gasteiger partial charge in [0.05, 0.1) is 11.5 Å². The molecule has 0 saturated heterocycles. The Kier molecular flexibility index (Phi) is 5.16. The van der Waals surface area contributed by atoms with Crippen LogP contribution in [0.1, 0.15) is 0 Å². The summed E-state index contributed by atoms with van der Waals surface area (Å²) in [5, 5.41) is 24.0. The van der Waals surface area contributed by atoms with Crippen LogP contribution in [0.4, 0.5) is 23.4 Å². The number of nitrogen functional groups attached to an aromatic ring is 1. The summed E-state index contributed by atoms with van der Waals surface area (Å²) in [6, 6.07) is 7.38. The molecule has 142 valence electrons. The predicted octanol–water partition coefficient (Wildman–Crippen LogP) is -0.565. The summed E-state index contributed by atoms with van der Waals surface area (Å²) in [4.78, 5) is 12.2. The first-order valence-corrected chi connectivity index (χ1v) is 9.21. The summed E-state index contributed by atoms with van der Waals surface area (Å²) >= 11 is 0. The number of hydrogen-bond donors (Lipinski definition) is 5. The molecule has 27 heavy (non-hydrogen) atoms. The Morgan fingerprint density at radius 1 is 1.19 bits per heavy atom. The first-order valence-electron chi connectivity index (χ1n) is 7.66. The maximum Gasteiger partial charge on any atom is 0.248 e. The van der Waals surface area contributed by atoms with E-state index in [4.69, 9.17) is 16.0 Å². The Bertz CT molecular complexity index is 1030. The second kappa shape index (κ2) is 7.53. The van der Waals surface area contributed by atoms with Crippen molar-refractivity contribution in [2.45, 2.75) is 4.90 Å². The number of primary sulfonamides is 1. The highest BCUT2D eigenvalue weighted by atomic mass is 32.2. The zero-order chi connectivity index (χ0) is 19.4. The van der Waals surface area contributed by atoms with Gasteiger partial charge in [0.2, 0.25) is 21.9 Å². The number of aliphatic hydroxyl groups is 1. The molecule has 0 spiro atoms. The van der Waals surface area contributed by atoms with E-state index in [1.807, 2.05) is 0 Å². The third-order valence-corrected chi connectivity index (χ3v) is 4.29. The Balaban J connectivity index is 1.80. The van der Waals surface area contributed by atoms with Crippen molar-refractivity contribution < 1.29 is 13.5 Å². The van der Waals surface area contributed by atoms with Crippen molar-refractivity contribution in [3.63, 3.8) is 0 Å². The molecule has 0 atom stereocenters. The maximum atomic E-state index is 11.3. The lowest BCUT2D eigenvalue weighted by molar-refractivity contribution is 0.311. The molecule has 0 aliphatic heterocycles. The molecule has 0 amide bonds. The number of aliphatic hydroxyl groups excluding tert-OH is 1. The molecule has 2 aromatic heterocycles. The van der Waals surface area contributed by atoms with Crippen LogP contribution in [-0.2, 0) is 10.0 Å². The number of anilines is 4. The Morgan fingerprint density at radius 3 is 2.59 bits per heavy atom. The van der Waals surface area contributed by atoms with Crippen LogP contribution in [0.3, 0.4) is 0 Å². The normalized spacial score (nSPS) is 11.3. The minimum absolute atomic E-state index is 0.00468. The number of sulfonamides is 1. The predicted molar refractivity (Wildman–Crippen MR) is 98.0 cm³/mol. The molecule has 2 heterocycles. The standard InChI is InChI=1S/C14H17N9O3S/c15-13-21-14(20-9-1-3-10(4-2-9)27(16,25)26)22-23(13)12-7-11(17-5-6-24)18-8-19-12/h1-4,7-8,24H,5-6H2,(H2,16,25,26)(H,17,18,19)(H3,15,20,21,22). The number of benzene rings is 1. The van der Waals surface area contributed by atoms with Crippen molar-refractivity contribution in [2.75, 3.05) is 29.5 Å². The van der Waals surface area contributed by atoms with Gasteiger partial charge in [-0.15, -0.1) is 5.10 Å². The highest BCUT2D eigenvalue weighted by Gasteiger charge is 2.12. The average molecular weight is 391 g/mol. The number of hydrogen-bond acceptors (Lipinski definition) is 10. The average Bonchev–Trinajstić information content (AvgIpc) is 3.00. The van der Waals surface area contributed by atoms with Gasteiger partial charge in [-0.1, -0.05) is 0 Å². The van der Waals surface area contributed by atoms with Crippen LogP contribution in [0.2, 0.25) is 0 Å². The molecule has 0 bridgehead atoms. The Labute approximate surface area is 154 Å². The van der Waals surface area contributed by atoms with Crippen LogP contribution in [-0.4, -0.2) is 51.4 Å². The van der Waals surface area contributed by atoms with E-state index in [0.29, 0.717) is 23.9 Å². The number of nitrogens with zero attached hydrogens (tertiary/aromatic N) is 5.